The van der Waals surface area contributed by atoms with E-state index in [9.17, 15) is 4.79 Å². The number of nitrogens with zero attached hydrogens (tertiary/aromatic N) is 1. The maximum atomic E-state index is 12.1. The van der Waals surface area contributed by atoms with E-state index in [2.05, 4.69) is 0 Å². The molecule has 0 aliphatic heterocycles. The Balaban J connectivity index is 2.03. The molecule has 0 amide bonds. The van der Waals surface area contributed by atoms with E-state index < -0.39 is 0 Å². The average molecular weight is 290 g/mol. The van der Waals surface area contributed by atoms with Crippen molar-refractivity contribution >= 4 is 23.1 Å². The Labute approximate surface area is 123 Å². The van der Waals surface area contributed by atoms with Crippen molar-refractivity contribution in [1.82, 2.24) is 0 Å². The van der Waals surface area contributed by atoms with Crippen LogP contribution in [0.1, 0.15) is 10.4 Å². The van der Waals surface area contributed by atoms with Crippen LogP contribution >= 0.6 is 11.6 Å². The molecule has 0 aromatic heterocycles. The minimum atomic E-state index is -0.0614. The summed E-state index contributed by atoms with van der Waals surface area (Å²) >= 11 is 5.86. The molecule has 0 aliphatic carbocycles. The molecule has 0 aliphatic rings. The van der Waals surface area contributed by atoms with E-state index >= 15 is 0 Å². The third-order valence-corrected chi connectivity index (χ3v) is 3.09. The van der Waals surface area contributed by atoms with E-state index in [4.69, 9.17) is 16.3 Å². The lowest BCUT2D eigenvalue weighted by molar-refractivity contribution is 0.0921. The lowest BCUT2D eigenvalue weighted by Gasteiger charge is -2.13. The van der Waals surface area contributed by atoms with Gasteiger partial charge < -0.3 is 9.64 Å². The van der Waals surface area contributed by atoms with Crippen LogP contribution in [0.5, 0.6) is 5.75 Å². The monoisotopic (exact) mass is 289 g/mol. The number of halogens is 1. The van der Waals surface area contributed by atoms with Gasteiger partial charge in [0.25, 0.3) is 0 Å². The summed E-state index contributed by atoms with van der Waals surface area (Å²) in [6, 6.07) is 14.5. The maximum absolute atomic E-state index is 12.1. The largest absolute Gasteiger partial charge is 0.485 e. The molecule has 20 heavy (non-hydrogen) atoms. The molecule has 0 spiro atoms. The summed E-state index contributed by atoms with van der Waals surface area (Å²) in [6.07, 6.45) is 0. The number of hydrogen-bond donors (Lipinski definition) is 0. The zero-order chi connectivity index (χ0) is 14.5. The highest BCUT2D eigenvalue weighted by Gasteiger charge is 2.08. The zero-order valence-corrected chi connectivity index (χ0v) is 12.2. The lowest BCUT2D eigenvalue weighted by Crippen LogP contribution is -2.13. The SMILES string of the molecule is CN(C)c1cccc(C(=O)COc2cccc(Cl)c2)c1. The van der Waals surface area contributed by atoms with Crippen molar-refractivity contribution in [3.63, 3.8) is 0 Å². The van der Waals surface area contributed by atoms with Crippen LogP contribution in [0.3, 0.4) is 0 Å². The Morgan fingerprint density at radius 2 is 1.90 bits per heavy atom. The van der Waals surface area contributed by atoms with Crippen LogP contribution in [0.15, 0.2) is 48.5 Å². The van der Waals surface area contributed by atoms with E-state index in [1.54, 1.807) is 30.3 Å². The number of benzene rings is 2. The number of ketones is 1. The second-order valence-corrected chi connectivity index (χ2v) is 5.05. The summed E-state index contributed by atoms with van der Waals surface area (Å²) < 4.78 is 5.46. The van der Waals surface area contributed by atoms with Gasteiger partial charge in [-0.1, -0.05) is 29.8 Å². The first kappa shape index (κ1) is 14.4. The Morgan fingerprint density at radius 3 is 2.60 bits per heavy atom. The van der Waals surface area contributed by atoms with E-state index in [1.807, 2.05) is 37.2 Å². The number of Topliss-reactive ketones (excluding diaryl/α,β-unsaturated/α-hetero) is 1. The fourth-order valence-electron chi connectivity index (χ4n) is 1.75. The average Bonchev–Trinajstić information content (AvgIpc) is 2.45. The molecular formula is C16H16ClNO2. The highest BCUT2D eigenvalue weighted by molar-refractivity contribution is 6.30. The fourth-order valence-corrected chi connectivity index (χ4v) is 1.93. The molecule has 0 radical (unpaired) electrons. The molecule has 0 fully saturated rings. The van der Waals surface area contributed by atoms with Crippen LogP contribution in [0.25, 0.3) is 0 Å². The van der Waals surface area contributed by atoms with Gasteiger partial charge in [-0.05, 0) is 30.3 Å². The van der Waals surface area contributed by atoms with Gasteiger partial charge in [0.15, 0.2) is 12.4 Å². The first-order chi connectivity index (χ1) is 9.56. The molecule has 2 rings (SSSR count). The molecule has 3 nitrogen and oxygen atoms in total. The number of carbonyl (C=O) groups excluding carboxylic acids is 1. The topological polar surface area (TPSA) is 29.5 Å². The number of ether oxygens (including phenoxy) is 1. The molecule has 0 atom stereocenters. The van der Waals surface area contributed by atoms with Crippen molar-refractivity contribution < 1.29 is 9.53 Å². The Kier molecular flexibility index (Phi) is 4.64. The van der Waals surface area contributed by atoms with Crippen LogP contribution in [0.2, 0.25) is 5.02 Å². The third-order valence-electron chi connectivity index (χ3n) is 2.85. The number of carbonyl (C=O) groups is 1. The van der Waals surface area contributed by atoms with Crippen molar-refractivity contribution in [2.24, 2.45) is 0 Å². The summed E-state index contributed by atoms with van der Waals surface area (Å²) in [5, 5.41) is 0.588. The van der Waals surface area contributed by atoms with Gasteiger partial charge >= 0.3 is 0 Å². The molecular weight excluding hydrogens is 274 g/mol. The van der Waals surface area contributed by atoms with Crippen LogP contribution in [-0.2, 0) is 0 Å². The van der Waals surface area contributed by atoms with Gasteiger partial charge in [0, 0.05) is 30.4 Å². The van der Waals surface area contributed by atoms with Gasteiger partial charge in [0.05, 0.1) is 0 Å². The van der Waals surface area contributed by atoms with Crippen LogP contribution in [0.4, 0.5) is 5.69 Å². The highest BCUT2D eigenvalue weighted by atomic mass is 35.5. The minimum Gasteiger partial charge on any atom is -0.485 e. The maximum Gasteiger partial charge on any atom is 0.200 e. The van der Waals surface area contributed by atoms with Gasteiger partial charge in [-0.25, -0.2) is 0 Å². The molecule has 104 valence electrons. The van der Waals surface area contributed by atoms with E-state index in [1.165, 1.54) is 0 Å². The van der Waals surface area contributed by atoms with Crippen molar-refractivity contribution in [3.05, 3.63) is 59.1 Å². The van der Waals surface area contributed by atoms with Gasteiger partial charge in [-0.2, -0.15) is 0 Å². The second kappa shape index (κ2) is 6.44. The fraction of sp³-hybridized carbons (Fsp3) is 0.188. The summed E-state index contributed by atoms with van der Waals surface area (Å²) in [5.41, 5.74) is 1.62. The van der Waals surface area contributed by atoms with Crippen molar-refractivity contribution in [2.75, 3.05) is 25.6 Å². The molecule has 0 bridgehead atoms. The van der Waals surface area contributed by atoms with Crippen LogP contribution < -0.4 is 9.64 Å². The molecule has 0 unspecified atom stereocenters. The molecule has 0 N–H and O–H groups in total. The predicted molar refractivity (Wildman–Crippen MR) is 82.0 cm³/mol. The van der Waals surface area contributed by atoms with Crippen LogP contribution in [-0.4, -0.2) is 26.5 Å². The van der Waals surface area contributed by atoms with Crippen molar-refractivity contribution in [3.8, 4) is 5.75 Å². The predicted octanol–water partition coefficient (Wildman–Crippen LogP) is 3.67. The summed E-state index contributed by atoms with van der Waals surface area (Å²) in [6.45, 7) is -0.00275. The lowest BCUT2D eigenvalue weighted by atomic mass is 10.1. The van der Waals surface area contributed by atoms with Crippen molar-refractivity contribution in [2.45, 2.75) is 0 Å². The summed E-state index contributed by atoms with van der Waals surface area (Å²) in [4.78, 5) is 14.1. The van der Waals surface area contributed by atoms with Gasteiger partial charge in [0.2, 0.25) is 0 Å². The normalized spacial score (nSPS) is 10.2. The highest BCUT2D eigenvalue weighted by Crippen LogP contribution is 2.18. The molecule has 4 heteroatoms. The Morgan fingerprint density at radius 1 is 1.15 bits per heavy atom. The van der Waals surface area contributed by atoms with E-state index in [0.717, 1.165) is 5.69 Å². The van der Waals surface area contributed by atoms with Crippen molar-refractivity contribution in [1.29, 1.82) is 0 Å². The summed E-state index contributed by atoms with van der Waals surface area (Å²) in [5.74, 6) is 0.531. The molecule has 0 heterocycles. The first-order valence-corrected chi connectivity index (χ1v) is 6.63. The Hall–Kier alpha value is -2.00. The number of rotatable bonds is 5. The van der Waals surface area contributed by atoms with Gasteiger partial charge in [-0.3, -0.25) is 4.79 Å². The molecule has 0 saturated carbocycles. The van der Waals surface area contributed by atoms with Crippen LogP contribution in [0, 0.1) is 0 Å². The van der Waals surface area contributed by atoms with Gasteiger partial charge in [-0.15, -0.1) is 0 Å². The number of anilines is 1. The molecule has 2 aromatic carbocycles. The smallest absolute Gasteiger partial charge is 0.200 e. The third kappa shape index (κ3) is 3.75. The quantitative estimate of drug-likeness (QED) is 0.787. The number of hydrogen-bond acceptors (Lipinski definition) is 3. The zero-order valence-electron chi connectivity index (χ0n) is 11.5. The van der Waals surface area contributed by atoms with Gasteiger partial charge in [0.1, 0.15) is 5.75 Å². The molecule has 0 saturated heterocycles. The van der Waals surface area contributed by atoms with E-state index in [-0.39, 0.29) is 12.4 Å². The summed E-state index contributed by atoms with van der Waals surface area (Å²) in [7, 11) is 3.87. The molecule has 2 aromatic rings. The standard InChI is InChI=1S/C16H16ClNO2/c1-18(2)14-7-3-5-12(9-14)16(19)11-20-15-8-4-6-13(17)10-15/h3-10H,11H2,1-2H3. The first-order valence-electron chi connectivity index (χ1n) is 6.25. The Bertz CT molecular complexity index is 611. The second-order valence-electron chi connectivity index (χ2n) is 4.61. The minimum absolute atomic E-state index is 0.00275. The van der Waals surface area contributed by atoms with E-state index in [0.29, 0.717) is 16.3 Å².